The Morgan fingerprint density at radius 1 is 1.63 bits per heavy atom. The van der Waals surface area contributed by atoms with Crippen LogP contribution in [0.1, 0.15) is 13.3 Å². The number of aliphatic hydroxyl groups is 1. The molecule has 6 heteroatoms. The van der Waals surface area contributed by atoms with E-state index in [2.05, 4.69) is 0 Å². The Morgan fingerprint density at radius 3 is 2.95 bits per heavy atom. The van der Waals surface area contributed by atoms with Gasteiger partial charge in [0.25, 0.3) is 5.91 Å². The maximum atomic E-state index is 12.9. The van der Waals surface area contributed by atoms with Crippen LogP contribution in [0.15, 0.2) is 18.2 Å². The van der Waals surface area contributed by atoms with Crippen LogP contribution in [-0.4, -0.2) is 41.2 Å². The summed E-state index contributed by atoms with van der Waals surface area (Å²) in [4.78, 5) is 13.6. The molecule has 1 aromatic rings. The molecule has 19 heavy (non-hydrogen) atoms. The number of aliphatic hydroxyl groups excluding tert-OH is 1. The fourth-order valence-electron chi connectivity index (χ4n) is 2.01. The normalized spacial score (nSPS) is 20.4. The number of ether oxygens (including phenoxy) is 1. The van der Waals surface area contributed by atoms with Crippen molar-refractivity contribution in [2.45, 2.75) is 25.6 Å². The van der Waals surface area contributed by atoms with Crippen LogP contribution in [0.25, 0.3) is 0 Å². The molecule has 0 aliphatic carbocycles. The van der Waals surface area contributed by atoms with Gasteiger partial charge in [-0.2, -0.15) is 0 Å². The van der Waals surface area contributed by atoms with E-state index < -0.39 is 18.0 Å². The van der Waals surface area contributed by atoms with Crippen LogP contribution >= 0.6 is 11.6 Å². The summed E-state index contributed by atoms with van der Waals surface area (Å²) in [6, 6.07) is 3.74. The summed E-state index contributed by atoms with van der Waals surface area (Å²) >= 11 is 5.83. The van der Waals surface area contributed by atoms with E-state index in [9.17, 15) is 14.3 Å². The van der Waals surface area contributed by atoms with Gasteiger partial charge in [0.1, 0.15) is 11.6 Å². The summed E-state index contributed by atoms with van der Waals surface area (Å²) < 4.78 is 18.3. The maximum Gasteiger partial charge on any atom is 0.263 e. The van der Waals surface area contributed by atoms with E-state index >= 15 is 0 Å². The zero-order chi connectivity index (χ0) is 14.0. The molecule has 2 rings (SSSR count). The first-order valence-electron chi connectivity index (χ1n) is 6.06. The number of rotatable bonds is 3. The molecular weight excluding hydrogens is 273 g/mol. The molecular formula is C13H15ClFNO3. The number of carbonyl (C=O) groups is 1. The van der Waals surface area contributed by atoms with Crippen molar-refractivity contribution in [2.24, 2.45) is 0 Å². The summed E-state index contributed by atoms with van der Waals surface area (Å²) in [6.45, 7) is 2.45. The predicted octanol–water partition coefficient (Wildman–Crippen LogP) is 1.84. The van der Waals surface area contributed by atoms with Gasteiger partial charge in [0.15, 0.2) is 6.10 Å². The zero-order valence-electron chi connectivity index (χ0n) is 10.5. The number of nitrogens with zero attached hydrogens (tertiary/aromatic N) is 1. The lowest BCUT2D eigenvalue weighted by Crippen LogP contribution is -2.39. The van der Waals surface area contributed by atoms with Crippen LogP contribution in [0.3, 0.4) is 0 Å². The van der Waals surface area contributed by atoms with Gasteiger partial charge in [0, 0.05) is 13.1 Å². The molecule has 1 fully saturated rings. The molecule has 104 valence electrons. The predicted molar refractivity (Wildman–Crippen MR) is 68.7 cm³/mol. The Balaban J connectivity index is 2.00. The standard InChI is InChI=1S/C13H15ClFNO3/c1-8(13(18)16-5-4-10(17)7-16)19-12-3-2-9(15)6-11(12)14/h2-3,6,8,10,17H,4-5,7H2,1H3/t8?,10-/m1/s1. The molecule has 4 nitrogen and oxygen atoms in total. The third kappa shape index (κ3) is 3.36. The van der Waals surface area contributed by atoms with E-state index in [4.69, 9.17) is 16.3 Å². The first-order chi connectivity index (χ1) is 8.97. The van der Waals surface area contributed by atoms with E-state index in [-0.39, 0.29) is 16.7 Å². The van der Waals surface area contributed by atoms with Gasteiger partial charge in [-0.3, -0.25) is 4.79 Å². The second kappa shape index (κ2) is 5.75. The average molecular weight is 288 g/mol. The van der Waals surface area contributed by atoms with Crippen molar-refractivity contribution in [2.75, 3.05) is 13.1 Å². The Labute approximate surface area is 115 Å². The summed E-state index contributed by atoms with van der Waals surface area (Å²) in [6.07, 6.45) is -0.616. The minimum atomic E-state index is -0.728. The molecule has 0 saturated carbocycles. The van der Waals surface area contributed by atoms with Gasteiger partial charge in [0.2, 0.25) is 0 Å². The maximum absolute atomic E-state index is 12.9. The zero-order valence-corrected chi connectivity index (χ0v) is 11.2. The molecule has 1 aliphatic rings. The van der Waals surface area contributed by atoms with Crippen molar-refractivity contribution in [3.8, 4) is 5.75 Å². The highest BCUT2D eigenvalue weighted by atomic mass is 35.5. The molecule has 2 atom stereocenters. The fourth-order valence-corrected chi connectivity index (χ4v) is 2.22. The largest absolute Gasteiger partial charge is 0.479 e. The molecule has 0 bridgehead atoms. The molecule has 1 heterocycles. The second-order valence-electron chi connectivity index (χ2n) is 4.56. The number of hydrogen-bond donors (Lipinski definition) is 1. The van der Waals surface area contributed by atoms with Crippen molar-refractivity contribution in [3.63, 3.8) is 0 Å². The third-order valence-electron chi connectivity index (χ3n) is 3.02. The SMILES string of the molecule is CC(Oc1ccc(F)cc1Cl)C(=O)N1CC[C@@H](O)C1. The van der Waals surface area contributed by atoms with E-state index in [0.717, 1.165) is 6.07 Å². The number of hydrogen-bond acceptors (Lipinski definition) is 3. The van der Waals surface area contributed by atoms with Crippen LogP contribution < -0.4 is 4.74 Å². The summed E-state index contributed by atoms with van der Waals surface area (Å²) in [7, 11) is 0. The molecule has 1 saturated heterocycles. The summed E-state index contributed by atoms with van der Waals surface area (Å²) in [5.74, 6) is -0.403. The number of halogens is 2. The molecule has 1 amide bonds. The van der Waals surface area contributed by atoms with E-state index in [0.29, 0.717) is 19.5 Å². The number of β-amino-alcohol motifs (C(OH)–C–C–N with tert-alkyl or cyclic N) is 1. The van der Waals surface area contributed by atoms with E-state index in [1.54, 1.807) is 11.8 Å². The Bertz CT molecular complexity index is 483. The highest BCUT2D eigenvalue weighted by Gasteiger charge is 2.29. The van der Waals surface area contributed by atoms with Gasteiger partial charge in [0.05, 0.1) is 11.1 Å². The van der Waals surface area contributed by atoms with Crippen LogP contribution in [0, 0.1) is 5.82 Å². The lowest BCUT2D eigenvalue weighted by atomic mass is 10.3. The Morgan fingerprint density at radius 2 is 2.37 bits per heavy atom. The lowest BCUT2D eigenvalue weighted by molar-refractivity contribution is -0.137. The fraction of sp³-hybridized carbons (Fsp3) is 0.462. The Kier molecular flexibility index (Phi) is 4.27. The molecule has 1 aromatic carbocycles. The molecule has 0 aromatic heterocycles. The lowest BCUT2D eigenvalue weighted by Gasteiger charge is -2.21. The second-order valence-corrected chi connectivity index (χ2v) is 4.97. The quantitative estimate of drug-likeness (QED) is 0.923. The topological polar surface area (TPSA) is 49.8 Å². The number of benzene rings is 1. The summed E-state index contributed by atoms with van der Waals surface area (Å²) in [5, 5.41) is 9.52. The van der Waals surface area contributed by atoms with E-state index in [1.165, 1.54) is 12.1 Å². The van der Waals surface area contributed by atoms with Crippen LogP contribution in [-0.2, 0) is 4.79 Å². The third-order valence-corrected chi connectivity index (χ3v) is 3.32. The summed E-state index contributed by atoms with van der Waals surface area (Å²) in [5.41, 5.74) is 0. The first kappa shape index (κ1) is 14.1. The molecule has 0 spiro atoms. The van der Waals surface area contributed by atoms with Crippen LogP contribution in [0.2, 0.25) is 5.02 Å². The van der Waals surface area contributed by atoms with E-state index in [1.807, 2.05) is 0 Å². The molecule has 1 unspecified atom stereocenters. The monoisotopic (exact) mass is 287 g/mol. The molecule has 1 N–H and O–H groups in total. The van der Waals surface area contributed by atoms with Crippen molar-refractivity contribution in [1.29, 1.82) is 0 Å². The number of carbonyl (C=O) groups excluding carboxylic acids is 1. The number of amides is 1. The smallest absolute Gasteiger partial charge is 0.263 e. The van der Waals surface area contributed by atoms with Gasteiger partial charge in [-0.15, -0.1) is 0 Å². The number of likely N-dealkylation sites (tertiary alicyclic amines) is 1. The minimum absolute atomic E-state index is 0.126. The van der Waals surface area contributed by atoms with Gasteiger partial charge in [-0.1, -0.05) is 11.6 Å². The van der Waals surface area contributed by atoms with Crippen LogP contribution in [0.4, 0.5) is 4.39 Å². The molecule has 0 radical (unpaired) electrons. The highest BCUT2D eigenvalue weighted by molar-refractivity contribution is 6.32. The van der Waals surface area contributed by atoms with Crippen molar-refractivity contribution in [3.05, 3.63) is 29.0 Å². The van der Waals surface area contributed by atoms with Crippen LogP contribution in [0.5, 0.6) is 5.75 Å². The van der Waals surface area contributed by atoms with Crippen molar-refractivity contribution < 1.29 is 19.0 Å². The van der Waals surface area contributed by atoms with Gasteiger partial charge in [-0.05, 0) is 31.5 Å². The minimum Gasteiger partial charge on any atom is -0.479 e. The van der Waals surface area contributed by atoms with Crippen molar-refractivity contribution >= 4 is 17.5 Å². The average Bonchev–Trinajstić information content (AvgIpc) is 2.78. The van der Waals surface area contributed by atoms with Gasteiger partial charge >= 0.3 is 0 Å². The van der Waals surface area contributed by atoms with Gasteiger partial charge < -0.3 is 14.7 Å². The first-order valence-corrected chi connectivity index (χ1v) is 6.43. The van der Waals surface area contributed by atoms with Gasteiger partial charge in [-0.25, -0.2) is 4.39 Å². The Hall–Kier alpha value is -1.33. The highest BCUT2D eigenvalue weighted by Crippen LogP contribution is 2.26. The van der Waals surface area contributed by atoms with Crippen molar-refractivity contribution in [1.82, 2.24) is 4.90 Å². The molecule has 1 aliphatic heterocycles.